The molecule has 0 saturated carbocycles. The molecule has 9 nitrogen and oxygen atoms in total. The molecule has 0 atom stereocenters. The Kier molecular flexibility index (Phi) is 8.88. The lowest BCUT2D eigenvalue weighted by atomic mass is 10.1. The third-order valence-corrected chi connectivity index (χ3v) is 7.48. The van der Waals surface area contributed by atoms with E-state index >= 15 is 4.39 Å². The number of nitriles is 1. The second kappa shape index (κ2) is 12.3. The van der Waals surface area contributed by atoms with Crippen LogP contribution in [0.2, 0.25) is 10.0 Å². The Hall–Kier alpha value is -4.50. The van der Waals surface area contributed by atoms with E-state index < -0.39 is 34.1 Å². The lowest BCUT2D eigenvalue weighted by Crippen LogP contribution is -2.30. The minimum atomic E-state index is -4.21. The number of hydrogen-bond acceptors (Lipinski definition) is 7. The van der Waals surface area contributed by atoms with Gasteiger partial charge >= 0.3 is 0 Å². The number of hydrogen-bond donors (Lipinski definition) is 2. The molecule has 0 unspecified atom stereocenters. The highest BCUT2D eigenvalue weighted by atomic mass is 35.5. The van der Waals surface area contributed by atoms with Crippen molar-refractivity contribution in [3.63, 3.8) is 0 Å². The number of aromatic nitrogens is 1. The van der Waals surface area contributed by atoms with Gasteiger partial charge in [-0.05, 0) is 67.1 Å². The van der Waals surface area contributed by atoms with Gasteiger partial charge in [0.25, 0.3) is 15.9 Å². The Morgan fingerprint density at radius 3 is 2.56 bits per heavy atom. The van der Waals surface area contributed by atoms with E-state index in [1.54, 1.807) is 6.92 Å². The second-order valence-electron chi connectivity index (χ2n) is 8.62. The van der Waals surface area contributed by atoms with Crippen molar-refractivity contribution in [1.82, 2.24) is 9.71 Å². The number of anilines is 1. The van der Waals surface area contributed by atoms with Gasteiger partial charge < -0.3 is 10.1 Å². The molecule has 13 heteroatoms. The molecule has 4 rings (SSSR count). The SMILES string of the molecule is Cc1cc(S(=O)(=O)NC(=O)c2cccnc2)ccc1NC(=O)Cc1ccc(Cl)c(Oc2cc(Cl)cc(C#N)c2)c1F. The Morgan fingerprint density at radius 1 is 1.10 bits per heavy atom. The van der Waals surface area contributed by atoms with Crippen molar-refractivity contribution >= 4 is 50.7 Å². The lowest BCUT2D eigenvalue weighted by Gasteiger charge is -2.14. The minimum Gasteiger partial charge on any atom is -0.453 e. The smallest absolute Gasteiger partial charge is 0.266 e. The Bertz CT molecular complexity index is 1810. The van der Waals surface area contributed by atoms with E-state index in [4.69, 9.17) is 33.2 Å². The van der Waals surface area contributed by atoms with Crippen molar-refractivity contribution in [2.24, 2.45) is 0 Å². The van der Waals surface area contributed by atoms with E-state index in [1.165, 1.54) is 73.1 Å². The fourth-order valence-corrected chi connectivity index (χ4v) is 5.12. The molecule has 0 spiro atoms. The van der Waals surface area contributed by atoms with Gasteiger partial charge in [0.05, 0.1) is 33.5 Å². The molecule has 0 aliphatic rings. The number of aryl methyl sites for hydroxylation is 1. The molecular formula is C28H19Cl2FN4O5S. The minimum absolute atomic E-state index is 0.0283. The van der Waals surface area contributed by atoms with Crippen LogP contribution in [0.15, 0.2) is 78.0 Å². The molecule has 0 fully saturated rings. The first-order valence-corrected chi connectivity index (χ1v) is 13.9. The van der Waals surface area contributed by atoms with Gasteiger partial charge in [-0.1, -0.05) is 29.3 Å². The molecule has 0 aliphatic heterocycles. The zero-order valence-electron chi connectivity index (χ0n) is 21.1. The number of nitrogens with one attached hydrogen (secondary N) is 2. The number of amides is 2. The monoisotopic (exact) mass is 612 g/mol. The van der Waals surface area contributed by atoms with E-state index in [2.05, 4.69) is 10.3 Å². The van der Waals surface area contributed by atoms with Crippen LogP contribution in [0.1, 0.15) is 27.0 Å². The van der Waals surface area contributed by atoms with Gasteiger partial charge in [0.2, 0.25) is 5.91 Å². The second-order valence-corrected chi connectivity index (χ2v) is 11.1. The number of ether oxygens (including phenoxy) is 1. The van der Waals surface area contributed by atoms with Crippen LogP contribution in [-0.4, -0.2) is 25.2 Å². The van der Waals surface area contributed by atoms with Crippen molar-refractivity contribution in [2.45, 2.75) is 18.2 Å². The van der Waals surface area contributed by atoms with E-state index in [0.717, 1.165) is 0 Å². The van der Waals surface area contributed by atoms with E-state index in [0.29, 0.717) is 5.56 Å². The van der Waals surface area contributed by atoms with Crippen LogP contribution in [0.3, 0.4) is 0 Å². The topological polar surface area (TPSA) is 138 Å². The highest BCUT2D eigenvalue weighted by molar-refractivity contribution is 7.90. The van der Waals surface area contributed by atoms with Crippen LogP contribution in [-0.2, 0) is 21.2 Å². The fraction of sp³-hybridized carbons (Fsp3) is 0.0714. The van der Waals surface area contributed by atoms with Crippen molar-refractivity contribution in [1.29, 1.82) is 5.26 Å². The van der Waals surface area contributed by atoms with Gasteiger partial charge in [0.15, 0.2) is 11.6 Å². The standard InChI is InChI=1S/C28H19Cl2FN4O5S/c1-16-9-22(41(38,39)35-28(37)19-3-2-8-33-15-19)5-7-24(16)34-25(36)12-18-4-6-23(30)27(26(18)31)40-21-11-17(14-32)10-20(29)13-21/h2-11,13,15H,12H2,1H3,(H,34,36)(H,35,37). The Balaban J connectivity index is 1.47. The molecule has 208 valence electrons. The summed E-state index contributed by atoms with van der Waals surface area (Å²) < 4.78 is 48.2. The fourth-order valence-electron chi connectivity index (χ4n) is 3.66. The maximum atomic E-state index is 15.3. The van der Waals surface area contributed by atoms with Crippen molar-refractivity contribution < 1.29 is 27.1 Å². The molecule has 1 heterocycles. The van der Waals surface area contributed by atoms with Crippen LogP contribution >= 0.6 is 23.2 Å². The summed E-state index contributed by atoms with van der Waals surface area (Å²) in [5, 5.41) is 11.9. The highest BCUT2D eigenvalue weighted by Crippen LogP contribution is 2.35. The molecule has 3 aromatic carbocycles. The summed E-state index contributed by atoms with van der Waals surface area (Å²) >= 11 is 12.1. The summed E-state index contributed by atoms with van der Waals surface area (Å²) in [5.41, 5.74) is 0.898. The predicted molar refractivity (Wildman–Crippen MR) is 150 cm³/mol. The number of nitrogens with zero attached hydrogens (tertiary/aromatic N) is 2. The van der Waals surface area contributed by atoms with Gasteiger partial charge in [0.1, 0.15) is 5.75 Å². The highest BCUT2D eigenvalue weighted by Gasteiger charge is 2.21. The maximum Gasteiger partial charge on any atom is 0.266 e. The van der Waals surface area contributed by atoms with Crippen molar-refractivity contribution in [3.8, 4) is 17.6 Å². The van der Waals surface area contributed by atoms with Gasteiger partial charge in [0, 0.05) is 28.7 Å². The lowest BCUT2D eigenvalue weighted by molar-refractivity contribution is -0.115. The number of carbonyl (C=O) groups is 2. The van der Waals surface area contributed by atoms with E-state index in [-0.39, 0.29) is 48.8 Å². The number of rotatable bonds is 8. The van der Waals surface area contributed by atoms with E-state index in [9.17, 15) is 18.0 Å². The quantitative estimate of drug-likeness (QED) is 0.256. The normalized spacial score (nSPS) is 10.9. The number of pyridine rings is 1. The van der Waals surface area contributed by atoms with Crippen molar-refractivity contribution in [2.75, 3.05) is 5.32 Å². The van der Waals surface area contributed by atoms with Crippen LogP contribution < -0.4 is 14.8 Å². The van der Waals surface area contributed by atoms with Gasteiger partial charge in [-0.15, -0.1) is 0 Å². The molecule has 0 bridgehead atoms. The summed E-state index contributed by atoms with van der Waals surface area (Å²) in [7, 11) is -4.21. The van der Waals surface area contributed by atoms with Crippen LogP contribution in [0.25, 0.3) is 0 Å². The zero-order chi connectivity index (χ0) is 29.7. The maximum absolute atomic E-state index is 15.3. The number of halogens is 3. The van der Waals surface area contributed by atoms with Crippen molar-refractivity contribution in [3.05, 3.63) is 111 Å². The molecule has 41 heavy (non-hydrogen) atoms. The first kappa shape index (κ1) is 29.5. The molecule has 1 aromatic heterocycles. The Morgan fingerprint density at radius 2 is 1.88 bits per heavy atom. The average Bonchev–Trinajstić information content (AvgIpc) is 2.93. The number of sulfonamides is 1. The summed E-state index contributed by atoms with van der Waals surface area (Å²) in [6.07, 6.45) is 2.27. The first-order chi connectivity index (χ1) is 19.5. The number of benzene rings is 3. The molecule has 2 amide bonds. The van der Waals surface area contributed by atoms with Gasteiger partial charge in [-0.2, -0.15) is 5.26 Å². The van der Waals surface area contributed by atoms with Gasteiger partial charge in [-0.3, -0.25) is 14.6 Å². The molecule has 0 saturated heterocycles. The summed E-state index contributed by atoms with van der Waals surface area (Å²) in [5.74, 6) is -2.59. The largest absolute Gasteiger partial charge is 0.453 e. The first-order valence-electron chi connectivity index (χ1n) is 11.7. The molecule has 0 aliphatic carbocycles. The molecular weight excluding hydrogens is 594 g/mol. The molecule has 2 N–H and O–H groups in total. The van der Waals surface area contributed by atoms with Gasteiger partial charge in [-0.25, -0.2) is 17.5 Å². The van der Waals surface area contributed by atoms with Crippen LogP contribution in [0.4, 0.5) is 10.1 Å². The molecule has 4 aromatic rings. The van der Waals surface area contributed by atoms with Crippen LogP contribution in [0.5, 0.6) is 11.5 Å². The predicted octanol–water partition coefficient (Wildman–Crippen LogP) is 5.80. The summed E-state index contributed by atoms with van der Waals surface area (Å²) in [4.78, 5) is 28.6. The zero-order valence-corrected chi connectivity index (χ0v) is 23.4. The number of carbonyl (C=O) groups excluding carboxylic acids is 2. The Labute approximate surface area is 244 Å². The third kappa shape index (κ3) is 7.18. The third-order valence-electron chi connectivity index (χ3n) is 5.63. The summed E-state index contributed by atoms with van der Waals surface area (Å²) in [6.45, 7) is 1.56. The summed E-state index contributed by atoms with van der Waals surface area (Å²) in [6, 6.07) is 15.5. The average molecular weight is 613 g/mol. The van der Waals surface area contributed by atoms with Crippen LogP contribution in [0, 0.1) is 24.1 Å². The molecule has 0 radical (unpaired) electrons. The van der Waals surface area contributed by atoms with E-state index in [1.807, 2.05) is 10.8 Å².